The SMILES string of the molecule is O=C(NCc1ccnc(-n2cccn2)c1)NC1CCc2ncnn2C1. The van der Waals surface area contributed by atoms with E-state index in [1.165, 1.54) is 0 Å². The van der Waals surface area contributed by atoms with Crippen molar-refractivity contribution in [2.45, 2.75) is 32.0 Å². The molecule has 25 heavy (non-hydrogen) atoms. The number of fused-ring (bicyclic) bond motifs is 1. The highest BCUT2D eigenvalue weighted by Gasteiger charge is 2.21. The van der Waals surface area contributed by atoms with Crippen molar-refractivity contribution in [3.63, 3.8) is 0 Å². The van der Waals surface area contributed by atoms with Gasteiger partial charge in [0.15, 0.2) is 5.82 Å². The molecular weight excluding hydrogens is 320 g/mol. The quantitative estimate of drug-likeness (QED) is 0.728. The van der Waals surface area contributed by atoms with Crippen LogP contribution in [-0.2, 0) is 19.5 Å². The van der Waals surface area contributed by atoms with Crippen molar-refractivity contribution in [1.29, 1.82) is 0 Å². The van der Waals surface area contributed by atoms with E-state index in [1.54, 1.807) is 23.4 Å². The third kappa shape index (κ3) is 3.49. The Kier molecular flexibility index (Phi) is 4.11. The molecule has 0 aliphatic carbocycles. The molecule has 1 unspecified atom stereocenters. The van der Waals surface area contributed by atoms with E-state index in [0.717, 1.165) is 30.0 Å². The fourth-order valence-corrected chi connectivity index (χ4v) is 2.87. The van der Waals surface area contributed by atoms with Crippen LogP contribution in [0.25, 0.3) is 5.82 Å². The number of pyridine rings is 1. The summed E-state index contributed by atoms with van der Waals surface area (Å²) in [5.74, 6) is 1.69. The van der Waals surface area contributed by atoms with Gasteiger partial charge in [-0.3, -0.25) is 0 Å². The summed E-state index contributed by atoms with van der Waals surface area (Å²) in [5, 5.41) is 14.2. The molecule has 9 nitrogen and oxygen atoms in total. The van der Waals surface area contributed by atoms with E-state index < -0.39 is 0 Å². The van der Waals surface area contributed by atoms with Gasteiger partial charge in [-0.2, -0.15) is 10.2 Å². The first-order chi connectivity index (χ1) is 12.3. The van der Waals surface area contributed by atoms with Crippen LogP contribution in [-0.4, -0.2) is 41.6 Å². The summed E-state index contributed by atoms with van der Waals surface area (Å²) >= 11 is 0. The van der Waals surface area contributed by atoms with Gasteiger partial charge in [-0.25, -0.2) is 24.1 Å². The van der Waals surface area contributed by atoms with Gasteiger partial charge in [-0.15, -0.1) is 0 Å². The van der Waals surface area contributed by atoms with Crippen LogP contribution in [0.4, 0.5) is 4.79 Å². The van der Waals surface area contributed by atoms with Gasteiger partial charge in [-0.1, -0.05) is 0 Å². The topological polar surface area (TPSA) is 103 Å². The van der Waals surface area contributed by atoms with Crippen LogP contribution in [0.2, 0.25) is 0 Å². The van der Waals surface area contributed by atoms with Crippen molar-refractivity contribution < 1.29 is 4.79 Å². The number of urea groups is 1. The molecule has 9 heteroatoms. The molecular formula is C16H18N8O. The lowest BCUT2D eigenvalue weighted by atomic mass is 10.1. The van der Waals surface area contributed by atoms with Gasteiger partial charge < -0.3 is 10.6 Å². The molecule has 2 amide bonds. The van der Waals surface area contributed by atoms with Crippen LogP contribution in [0.3, 0.4) is 0 Å². The second kappa shape index (κ2) is 6.71. The smallest absolute Gasteiger partial charge is 0.315 e. The van der Waals surface area contributed by atoms with Crippen LogP contribution in [0, 0.1) is 0 Å². The van der Waals surface area contributed by atoms with Gasteiger partial charge >= 0.3 is 6.03 Å². The minimum atomic E-state index is -0.189. The molecule has 3 aromatic heterocycles. The number of aromatic nitrogens is 6. The van der Waals surface area contributed by atoms with Crippen molar-refractivity contribution in [3.8, 4) is 5.82 Å². The Morgan fingerprint density at radius 2 is 2.24 bits per heavy atom. The summed E-state index contributed by atoms with van der Waals surface area (Å²) in [6.45, 7) is 1.07. The van der Waals surface area contributed by atoms with Gasteiger partial charge in [0.25, 0.3) is 0 Å². The van der Waals surface area contributed by atoms with Crippen LogP contribution in [0.1, 0.15) is 17.8 Å². The zero-order chi connectivity index (χ0) is 17.1. The molecule has 0 spiro atoms. The standard InChI is InChI=1S/C16H18N8O/c25-16(22-13-2-3-14-19-11-21-24(14)10-13)18-9-12-4-6-17-15(8-12)23-7-1-5-20-23/h1,4-8,11,13H,2-3,9-10H2,(H2,18,22,25). The Bertz CT molecular complexity index is 857. The molecule has 0 saturated carbocycles. The van der Waals surface area contributed by atoms with E-state index in [-0.39, 0.29) is 12.1 Å². The first kappa shape index (κ1) is 15.3. The van der Waals surface area contributed by atoms with Crippen LogP contribution >= 0.6 is 0 Å². The van der Waals surface area contributed by atoms with Gasteiger partial charge in [0, 0.05) is 31.6 Å². The lowest BCUT2D eigenvalue weighted by Gasteiger charge is -2.23. The lowest BCUT2D eigenvalue weighted by Crippen LogP contribution is -2.45. The highest BCUT2D eigenvalue weighted by Crippen LogP contribution is 2.11. The third-order valence-corrected chi connectivity index (χ3v) is 4.14. The normalized spacial score (nSPS) is 16.2. The van der Waals surface area contributed by atoms with E-state index >= 15 is 0 Å². The summed E-state index contributed by atoms with van der Waals surface area (Å²) in [7, 11) is 0. The molecule has 4 rings (SSSR count). The maximum atomic E-state index is 12.1. The highest BCUT2D eigenvalue weighted by atomic mass is 16.2. The molecule has 1 aliphatic rings. The number of rotatable bonds is 4. The van der Waals surface area contributed by atoms with Crippen molar-refractivity contribution in [1.82, 2.24) is 40.2 Å². The number of hydrogen-bond acceptors (Lipinski definition) is 5. The average Bonchev–Trinajstić information content (AvgIpc) is 3.31. The molecule has 0 saturated heterocycles. The van der Waals surface area contributed by atoms with Crippen molar-refractivity contribution in [3.05, 3.63) is 54.5 Å². The molecule has 3 aromatic rings. The van der Waals surface area contributed by atoms with Gasteiger partial charge in [0.05, 0.1) is 12.6 Å². The number of amides is 2. The van der Waals surface area contributed by atoms with Gasteiger partial charge in [0.2, 0.25) is 0 Å². The zero-order valence-corrected chi connectivity index (χ0v) is 13.5. The van der Waals surface area contributed by atoms with Crippen molar-refractivity contribution in [2.75, 3.05) is 0 Å². The third-order valence-electron chi connectivity index (χ3n) is 4.14. The zero-order valence-electron chi connectivity index (χ0n) is 13.5. The predicted octanol–water partition coefficient (Wildman–Crippen LogP) is 0.673. The second-order valence-corrected chi connectivity index (χ2v) is 5.89. The minimum absolute atomic E-state index is 0.0614. The van der Waals surface area contributed by atoms with E-state index in [1.807, 2.05) is 29.1 Å². The van der Waals surface area contributed by atoms with Crippen molar-refractivity contribution >= 4 is 6.03 Å². The van der Waals surface area contributed by atoms with E-state index in [2.05, 4.69) is 30.8 Å². The number of aryl methyl sites for hydroxylation is 1. The van der Waals surface area contributed by atoms with E-state index in [0.29, 0.717) is 13.1 Å². The summed E-state index contributed by atoms with van der Waals surface area (Å²) in [6.07, 6.45) is 8.48. The first-order valence-electron chi connectivity index (χ1n) is 8.14. The van der Waals surface area contributed by atoms with Crippen LogP contribution in [0.5, 0.6) is 0 Å². The lowest BCUT2D eigenvalue weighted by molar-refractivity contribution is 0.231. The molecule has 0 bridgehead atoms. The summed E-state index contributed by atoms with van der Waals surface area (Å²) < 4.78 is 3.52. The molecule has 0 fully saturated rings. The Hall–Kier alpha value is -3.23. The molecule has 128 valence electrons. The number of carbonyl (C=O) groups excluding carboxylic acids is 1. The predicted molar refractivity (Wildman–Crippen MR) is 88.9 cm³/mol. The van der Waals surface area contributed by atoms with Crippen LogP contribution < -0.4 is 10.6 Å². The molecule has 4 heterocycles. The number of carbonyl (C=O) groups is 1. The fraction of sp³-hybridized carbons (Fsp3) is 0.312. The second-order valence-electron chi connectivity index (χ2n) is 5.89. The molecule has 1 atom stereocenters. The Morgan fingerprint density at radius 1 is 1.28 bits per heavy atom. The maximum absolute atomic E-state index is 12.1. The Balaban J connectivity index is 1.31. The number of hydrogen-bond donors (Lipinski definition) is 2. The largest absolute Gasteiger partial charge is 0.334 e. The molecule has 2 N–H and O–H groups in total. The van der Waals surface area contributed by atoms with Gasteiger partial charge in [0.1, 0.15) is 12.2 Å². The van der Waals surface area contributed by atoms with E-state index in [4.69, 9.17) is 0 Å². The fourth-order valence-electron chi connectivity index (χ4n) is 2.87. The van der Waals surface area contributed by atoms with E-state index in [9.17, 15) is 4.79 Å². The summed E-state index contributed by atoms with van der Waals surface area (Å²) in [4.78, 5) is 20.6. The minimum Gasteiger partial charge on any atom is -0.334 e. The monoisotopic (exact) mass is 338 g/mol. The summed E-state index contributed by atoms with van der Waals surface area (Å²) in [5.41, 5.74) is 0.956. The molecule has 1 aliphatic heterocycles. The Labute approximate surface area is 144 Å². The molecule has 0 aromatic carbocycles. The number of nitrogens with zero attached hydrogens (tertiary/aromatic N) is 6. The molecule has 0 radical (unpaired) electrons. The van der Waals surface area contributed by atoms with Gasteiger partial charge in [-0.05, 0) is 30.2 Å². The first-order valence-corrected chi connectivity index (χ1v) is 8.14. The summed E-state index contributed by atoms with van der Waals surface area (Å²) in [6, 6.07) is 5.48. The maximum Gasteiger partial charge on any atom is 0.315 e. The van der Waals surface area contributed by atoms with Crippen LogP contribution in [0.15, 0.2) is 43.1 Å². The van der Waals surface area contributed by atoms with Crippen molar-refractivity contribution in [2.24, 2.45) is 0 Å². The number of nitrogens with one attached hydrogen (secondary N) is 2. The Morgan fingerprint density at radius 3 is 3.12 bits per heavy atom. The highest BCUT2D eigenvalue weighted by molar-refractivity contribution is 5.74. The average molecular weight is 338 g/mol.